The highest BCUT2D eigenvalue weighted by Crippen LogP contribution is 2.55. The summed E-state index contributed by atoms with van der Waals surface area (Å²) in [7, 11) is 2.09. The Labute approximate surface area is 249 Å². The maximum atomic E-state index is 14.2. The Kier molecular flexibility index (Phi) is 9.12. The van der Waals surface area contributed by atoms with Crippen molar-refractivity contribution in [3.8, 4) is 0 Å². The molecule has 1 aromatic rings. The van der Waals surface area contributed by atoms with Crippen molar-refractivity contribution in [2.75, 3.05) is 32.0 Å². The molecule has 1 aromatic carbocycles. The van der Waals surface area contributed by atoms with E-state index < -0.39 is 29.6 Å². The van der Waals surface area contributed by atoms with Crippen LogP contribution in [0.1, 0.15) is 59.3 Å². The Balaban J connectivity index is 1.38. The van der Waals surface area contributed by atoms with E-state index in [1.54, 1.807) is 29.2 Å². The summed E-state index contributed by atoms with van der Waals surface area (Å²) in [5.74, 6) is -1.21. The number of hydrogen-bond acceptors (Lipinski definition) is 5. The molecule has 3 aliphatic heterocycles. The number of unbranched alkanes of at least 4 members (excludes halogenated alkanes) is 1. The minimum absolute atomic E-state index is 0.0606. The van der Waals surface area contributed by atoms with Crippen LogP contribution >= 0.6 is 11.6 Å². The third-order valence-corrected chi connectivity index (χ3v) is 10.2. The molecule has 8 nitrogen and oxygen atoms in total. The average Bonchev–Trinajstić information content (AvgIpc) is 3.59. The highest BCUT2D eigenvalue weighted by molar-refractivity contribution is 6.30. The second kappa shape index (κ2) is 12.4. The van der Waals surface area contributed by atoms with Gasteiger partial charge in [0.25, 0.3) is 0 Å². The molecule has 4 aliphatic rings. The van der Waals surface area contributed by atoms with E-state index in [-0.39, 0.29) is 23.8 Å². The third kappa shape index (κ3) is 5.80. The molecule has 8 atom stereocenters. The predicted octanol–water partition coefficient (Wildman–Crippen LogP) is 4.49. The van der Waals surface area contributed by atoms with Crippen LogP contribution in [-0.4, -0.2) is 78.0 Å². The number of fused-ring (bicyclic) bond motifs is 1. The molecule has 41 heavy (non-hydrogen) atoms. The number of nitrogens with zero attached hydrogens (tertiary/aromatic N) is 2. The van der Waals surface area contributed by atoms with Gasteiger partial charge in [0.05, 0.1) is 17.9 Å². The molecule has 1 spiro atoms. The lowest BCUT2D eigenvalue weighted by Crippen LogP contribution is -2.58. The van der Waals surface area contributed by atoms with Crippen molar-refractivity contribution in [1.82, 2.24) is 15.1 Å². The highest BCUT2D eigenvalue weighted by atomic mass is 35.5. The van der Waals surface area contributed by atoms with E-state index >= 15 is 0 Å². The van der Waals surface area contributed by atoms with Crippen LogP contribution < -0.4 is 10.6 Å². The van der Waals surface area contributed by atoms with Gasteiger partial charge in [-0.2, -0.15) is 0 Å². The van der Waals surface area contributed by atoms with Crippen LogP contribution in [0.2, 0.25) is 5.02 Å². The topological polar surface area (TPSA) is 91.0 Å². The van der Waals surface area contributed by atoms with Crippen LogP contribution in [0.25, 0.3) is 0 Å². The molecule has 3 heterocycles. The van der Waals surface area contributed by atoms with E-state index in [0.717, 1.165) is 51.6 Å². The van der Waals surface area contributed by atoms with Gasteiger partial charge in [-0.05, 0) is 75.5 Å². The first-order valence-electron chi connectivity index (χ1n) is 15.4. The predicted molar refractivity (Wildman–Crippen MR) is 160 cm³/mol. The number of carbonyl (C=O) groups is 3. The van der Waals surface area contributed by atoms with Gasteiger partial charge in [-0.1, -0.05) is 63.8 Å². The normalized spacial score (nSPS) is 33.9. The summed E-state index contributed by atoms with van der Waals surface area (Å²) >= 11 is 6.02. The van der Waals surface area contributed by atoms with Crippen molar-refractivity contribution in [1.29, 1.82) is 0 Å². The first kappa shape index (κ1) is 30.1. The zero-order chi connectivity index (χ0) is 29.3. The van der Waals surface area contributed by atoms with Gasteiger partial charge in [-0.3, -0.25) is 14.4 Å². The molecule has 0 aromatic heterocycles. The second-order valence-corrected chi connectivity index (χ2v) is 13.1. The lowest BCUT2D eigenvalue weighted by molar-refractivity contribution is -0.141. The van der Waals surface area contributed by atoms with Gasteiger partial charge >= 0.3 is 0 Å². The molecule has 1 aliphatic carbocycles. The molecule has 3 fully saturated rings. The molecule has 0 radical (unpaired) electrons. The molecular formula is C32H45ClN4O4. The number of carbonyl (C=O) groups excluding carboxylic acids is 3. The van der Waals surface area contributed by atoms with E-state index in [9.17, 15) is 14.4 Å². The Morgan fingerprint density at radius 2 is 1.85 bits per heavy atom. The summed E-state index contributed by atoms with van der Waals surface area (Å²) in [6.45, 7) is 8.88. The molecule has 224 valence electrons. The number of ether oxygens (including phenoxy) is 1. The Morgan fingerprint density at radius 1 is 1.12 bits per heavy atom. The van der Waals surface area contributed by atoms with Crippen LogP contribution in [0.5, 0.6) is 0 Å². The molecule has 3 amide bonds. The number of likely N-dealkylation sites (tertiary alicyclic amines) is 1. The van der Waals surface area contributed by atoms with Crippen molar-refractivity contribution < 1.29 is 19.1 Å². The van der Waals surface area contributed by atoms with Gasteiger partial charge in [0, 0.05) is 23.3 Å². The molecule has 1 saturated carbocycles. The van der Waals surface area contributed by atoms with Gasteiger partial charge in [0.15, 0.2) is 0 Å². The summed E-state index contributed by atoms with van der Waals surface area (Å²) < 4.78 is 6.50. The van der Waals surface area contributed by atoms with E-state index in [2.05, 4.69) is 43.4 Å². The van der Waals surface area contributed by atoms with Crippen molar-refractivity contribution in [3.63, 3.8) is 0 Å². The number of benzene rings is 1. The summed E-state index contributed by atoms with van der Waals surface area (Å²) in [5, 5.41) is 6.85. The van der Waals surface area contributed by atoms with Crippen molar-refractivity contribution in [2.24, 2.45) is 23.7 Å². The Hall–Kier alpha value is -2.42. The highest BCUT2D eigenvalue weighted by Gasteiger charge is 2.72. The summed E-state index contributed by atoms with van der Waals surface area (Å²) in [6.07, 6.45) is 9.36. The van der Waals surface area contributed by atoms with Crippen molar-refractivity contribution in [3.05, 3.63) is 41.4 Å². The largest absolute Gasteiger partial charge is 0.359 e. The summed E-state index contributed by atoms with van der Waals surface area (Å²) in [4.78, 5) is 45.9. The standard InChI is InChI=1S/C32H45ClN4O4/c1-5-6-17-36(4)18-8-19-37-28(30(39)35-24-10-7-9-20(2)21(24)3)32-16-15-25(41-32)26(27(32)31(37)40)29(38)34-23-13-11-22(33)12-14-23/h11-16,20-21,24-28H,5-10,17-19H2,1-4H3,(H,34,38)(H,35,39)/t20-,21+,24+,25+,26+,27+,28-,32-/m0/s1. The van der Waals surface area contributed by atoms with E-state index in [1.807, 2.05) is 12.2 Å². The molecular weight excluding hydrogens is 540 g/mol. The SMILES string of the molecule is CCCCN(C)CCCN1C(=O)[C@H]2[C@H](C(=O)Nc3ccc(Cl)cc3)[C@H]3C=C[C@@]2(O3)[C@@H]1C(=O)N[C@@H]1CCC[C@H](C)[C@H]1C. The lowest BCUT2D eigenvalue weighted by atomic mass is 9.73. The fourth-order valence-electron chi connectivity index (χ4n) is 7.36. The number of nitrogens with one attached hydrogen (secondary N) is 2. The molecule has 2 bridgehead atoms. The van der Waals surface area contributed by atoms with Crippen molar-refractivity contribution >= 4 is 35.0 Å². The molecule has 0 unspecified atom stereocenters. The maximum Gasteiger partial charge on any atom is 0.246 e. The second-order valence-electron chi connectivity index (χ2n) is 12.6. The summed E-state index contributed by atoms with van der Waals surface area (Å²) in [6, 6.07) is 6.15. The van der Waals surface area contributed by atoms with Gasteiger partial charge in [0.1, 0.15) is 11.6 Å². The summed E-state index contributed by atoms with van der Waals surface area (Å²) in [5.41, 5.74) is -0.543. The van der Waals surface area contributed by atoms with E-state index in [0.29, 0.717) is 29.1 Å². The third-order valence-electron chi connectivity index (χ3n) is 9.90. The number of rotatable bonds is 11. The van der Waals surface area contributed by atoms with E-state index in [1.165, 1.54) is 0 Å². The quantitative estimate of drug-likeness (QED) is 0.374. The smallest absolute Gasteiger partial charge is 0.246 e. The van der Waals surface area contributed by atoms with Gasteiger partial charge in [-0.15, -0.1) is 0 Å². The lowest BCUT2D eigenvalue weighted by Gasteiger charge is -2.38. The first-order valence-corrected chi connectivity index (χ1v) is 15.8. The van der Waals surface area contributed by atoms with Gasteiger partial charge < -0.3 is 25.2 Å². The fourth-order valence-corrected chi connectivity index (χ4v) is 7.49. The molecule has 2 saturated heterocycles. The molecule has 2 N–H and O–H groups in total. The van der Waals surface area contributed by atoms with Crippen LogP contribution in [0.4, 0.5) is 5.69 Å². The number of hydrogen-bond donors (Lipinski definition) is 2. The maximum absolute atomic E-state index is 14.2. The zero-order valence-corrected chi connectivity index (χ0v) is 25.5. The van der Waals surface area contributed by atoms with Crippen LogP contribution in [0.15, 0.2) is 36.4 Å². The minimum Gasteiger partial charge on any atom is -0.359 e. The van der Waals surface area contributed by atoms with Crippen LogP contribution in [-0.2, 0) is 19.1 Å². The van der Waals surface area contributed by atoms with Crippen molar-refractivity contribution in [2.45, 2.75) is 83.1 Å². The minimum atomic E-state index is -1.15. The number of anilines is 1. The molecule has 5 rings (SSSR count). The van der Waals surface area contributed by atoms with Crippen LogP contribution in [0, 0.1) is 23.7 Å². The van der Waals surface area contributed by atoms with Gasteiger partial charge in [0.2, 0.25) is 17.7 Å². The monoisotopic (exact) mass is 584 g/mol. The number of amides is 3. The van der Waals surface area contributed by atoms with Crippen LogP contribution in [0.3, 0.4) is 0 Å². The zero-order valence-electron chi connectivity index (χ0n) is 24.8. The average molecular weight is 585 g/mol. The first-order chi connectivity index (χ1) is 19.7. The fraction of sp³-hybridized carbons (Fsp3) is 0.656. The molecule has 9 heteroatoms. The Morgan fingerprint density at radius 3 is 2.59 bits per heavy atom. The van der Waals surface area contributed by atoms with E-state index in [4.69, 9.17) is 16.3 Å². The Bertz CT molecular complexity index is 1160. The number of halogens is 1. The van der Waals surface area contributed by atoms with Gasteiger partial charge in [-0.25, -0.2) is 0 Å².